The third-order valence-corrected chi connectivity index (χ3v) is 9.30. The number of benzene rings is 2. The van der Waals surface area contributed by atoms with Gasteiger partial charge in [0.15, 0.2) is 16.6 Å². The largest absolute Gasteiger partial charge is 0.493 e. The summed E-state index contributed by atoms with van der Waals surface area (Å²) >= 11 is 1.38. The van der Waals surface area contributed by atoms with Crippen LogP contribution in [0.3, 0.4) is 0 Å². The maximum absolute atomic E-state index is 13.7. The van der Waals surface area contributed by atoms with Crippen LogP contribution in [0.1, 0.15) is 23.2 Å². The predicted octanol–water partition coefficient (Wildman–Crippen LogP) is 3.32. The summed E-state index contributed by atoms with van der Waals surface area (Å²) in [5.41, 5.74) is 1.07. The lowest BCUT2D eigenvalue weighted by Gasteiger charge is -2.22. The molecule has 0 spiro atoms. The summed E-state index contributed by atoms with van der Waals surface area (Å²) in [6.45, 7) is 1.99. The van der Waals surface area contributed by atoms with Crippen LogP contribution in [0.25, 0.3) is 10.2 Å². The van der Waals surface area contributed by atoms with E-state index < -0.39 is 10.0 Å². The van der Waals surface area contributed by atoms with Gasteiger partial charge in [-0.2, -0.15) is 4.31 Å². The van der Waals surface area contributed by atoms with E-state index in [0.717, 1.165) is 17.5 Å². The van der Waals surface area contributed by atoms with Crippen LogP contribution in [0.15, 0.2) is 41.3 Å². The Morgan fingerprint density at radius 3 is 2.37 bits per heavy atom. The quantitative estimate of drug-likeness (QED) is 0.351. The molecule has 12 heteroatoms. The van der Waals surface area contributed by atoms with Crippen molar-refractivity contribution in [2.45, 2.75) is 23.8 Å². The molecule has 4 rings (SSSR count). The number of rotatable bonds is 11. The van der Waals surface area contributed by atoms with Crippen LogP contribution < -0.4 is 14.4 Å². The lowest BCUT2D eigenvalue weighted by molar-refractivity contribution is 0.0978. The highest BCUT2D eigenvalue weighted by atomic mass is 32.2. The van der Waals surface area contributed by atoms with E-state index in [0.29, 0.717) is 54.0 Å². The number of fused-ring (bicyclic) bond motifs is 1. The zero-order chi connectivity index (χ0) is 27.4. The fraction of sp³-hybridized carbons (Fsp3) is 0.462. The lowest BCUT2D eigenvalue weighted by atomic mass is 10.2. The van der Waals surface area contributed by atoms with Gasteiger partial charge in [0.2, 0.25) is 10.0 Å². The number of hydrogen-bond donors (Lipinski definition) is 0. The molecule has 10 nitrogen and oxygen atoms in total. The van der Waals surface area contributed by atoms with Crippen molar-refractivity contribution in [1.82, 2.24) is 14.2 Å². The maximum Gasteiger partial charge on any atom is 0.260 e. The van der Waals surface area contributed by atoms with Crippen LogP contribution in [0.5, 0.6) is 11.5 Å². The molecule has 0 N–H and O–H groups in total. The van der Waals surface area contributed by atoms with Crippen LogP contribution in [0.2, 0.25) is 0 Å². The summed E-state index contributed by atoms with van der Waals surface area (Å²) in [4.78, 5) is 22.1. The van der Waals surface area contributed by atoms with E-state index in [4.69, 9.17) is 19.2 Å². The molecule has 1 atom stereocenters. The van der Waals surface area contributed by atoms with Crippen molar-refractivity contribution in [2.75, 3.05) is 66.5 Å². The Kier molecular flexibility index (Phi) is 8.89. The molecule has 0 unspecified atom stereocenters. The molecule has 38 heavy (non-hydrogen) atoms. The fourth-order valence-corrected chi connectivity index (χ4v) is 6.42. The smallest absolute Gasteiger partial charge is 0.260 e. The molecule has 0 radical (unpaired) electrons. The van der Waals surface area contributed by atoms with Gasteiger partial charge in [-0.25, -0.2) is 13.4 Å². The zero-order valence-electron chi connectivity index (χ0n) is 22.3. The second-order valence-electron chi connectivity index (χ2n) is 9.38. The minimum Gasteiger partial charge on any atom is -0.493 e. The van der Waals surface area contributed by atoms with E-state index in [1.165, 1.54) is 27.8 Å². The first-order chi connectivity index (χ1) is 18.1. The minimum absolute atomic E-state index is 0.0883. The monoisotopic (exact) mass is 562 g/mol. The second-order valence-corrected chi connectivity index (χ2v) is 12.4. The Balaban J connectivity index is 1.60. The number of sulfonamides is 1. The van der Waals surface area contributed by atoms with Gasteiger partial charge < -0.3 is 19.1 Å². The summed E-state index contributed by atoms with van der Waals surface area (Å²) in [7, 11) is 4.85. The van der Waals surface area contributed by atoms with Crippen molar-refractivity contribution in [3.8, 4) is 11.5 Å². The highest BCUT2D eigenvalue weighted by Crippen LogP contribution is 2.37. The van der Waals surface area contributed by atoms with Crippen molar-refractivity contribution >= 4 is 42.6 Å². The van der Waals surface area contributed by atoms with Gasteiger partial charge in [-0.1, -0.05) is 11.3 Å². The molecule has 1 amide bonds. The van der Waals surface area contributed by atoms with Crippen LogP contribution in [0, 0.1) is 0 Å². The van der Waals surface area contributed by atoms with E-state index in [9.17, 15) is 13.2 Å². The molecule has 1 fully saturated rings. The summed E-state index contributed by atoms with van der Waals surface area (Å²) in [6.07, 6.45) is 1.70. The zero-order valence-corrected chi connectivity index (χ0v) is 24.0. The van der Waals surface area contributed by atoms with E-state index in [-0.39, 0.29) is 16.9 Å². The molecule has 1 saturated heterocycles. The van der Waals surface area contributed by atoms with Crippen LogP contribution >= 0.6 is 11.3 Å². The van der Waals surface area contributed by atoms with Crippen molar-refractivity contribution in [3.05, 3.63) is 42.0 Å². The van der Waals surface area contributed by atoms with Crippen molar-refractivity contribution in [1.29, 1.82) is 0 Å². The Labute approximate surface area is 227 Å². The maximum atomic E-state index is 13.7. The number of amides is 1. The van der Waals surface area contributed by atoms with Gasteiger partial charge in [0.1, 0.15) is 0 Å². The van der Waals surface area contributed by atoms with Crippen molar-refractivity contribution in [3.63, 3.8) is 0 Å². The van der Waals surface area contributed by atoms with E-state index in [1.807, 2.05) is 25.1 Å². The van der Waals surface area contributed by atoms with E-state index in [1.54, 1.807) is 44.4 Å². The molecule has 0 bridgehead atoms. The third kappa shape index (κ3) is 6.10. The average molecular weight is 563 g/mol. The summed E-state index contributed by atoms with van der Waals surface area (Å²) in [6, 6.07) is 9.69. The molecule has 2 heterocycles. The van der Waals surface area contributed by atoms with Gasteiger partial charge in [0.25, 0.3) is 5.91 Å². The first-order valence-corrected chi connectivity index (χ1v) is 14.6. The summed E-state index contributed by atoms with van der Waals surface area (Å²) in [5.74, 6) is 0.883. The first kappa shape index (κ1) is 28.2. The third-order valence-electron chi connectivity index (χ3n) is 6.42. The molecule has 0 saturated carbocycles. The Hall–Kier alpha value is -2.77. The number of thiazole rings is 1. The minimum atomic E-state index is -3.71. The number of methoxy groups -OCH3 is 2. The van der Waals surface area contributed by atoms with E-state index in [2.05, 4.69) is 0 Å². The van der Waals surface area contributed by atoms with Crippen LogP contribution in [-0.2, 0) is 14.8 Å². The van der Waals surface area contributed by atoms with Gasteiger partial charge in [-0.3, -0.25) is 9.69 Å². The number of nitrogens with zero attached hydrogens (tertiary/aromatic N) is 4. The van der Waals surface area contributed by atoms with Gasteiger partial charge in [0.05, 0.1) is 35.4 Å². The fourth-order valence-electron chi connectivity index (χ4n) is 4.22. The van der Waals surface area contributed by atoms with Gasteiger partial charge in [0, 0.05) is 51.0 Å². The summed E-state index contributed by atoms with van der Waals surface area (Å²) < 4.78 is 44.7. The van der Waals surface area contributed by atoms with Crippen molar-refractivity contribution in [2.24, 2.45) is 0 Å². The molecule has 3 aromatic rings. The molecular formula is C26H34N4O6S2. The number of likely N-dealkylation sites (N-methyl/N-ethyl adjacent to an activating group) is 2. The Morgan fingerprint density at radius 2 is 1.76 bits per heavy atom. The Morgan fingerprint density at radius 1 is 1.08 bits per heavy atom. The molecule has 0 aliphatic carbocycles. The van der Waals surface area contributed by atoms with Gasteiger partial charge in [-0.05, 0) is 51.2 Å². The highest BCUT2D eigenvalue weighted by Gasteiger charge is 2.27. The lowest BCUT2D eigenvalue weighted by Crippen LogP contribution is -2.37. The predicted molar refractivity (Wildman–Crippen MR) is 148 cm³/mol. The number of anilines is 1. The Bertz CT molecular complexity index is 1330. The van der Waals surface area contributed by atoms with Gasteiger partial charge in [-0.15, -0.1) is 0 Å². The number of carbonyl (C=O) groups is 1. The average Bonchev–Trinajstić information content (AvgIpc) is 3.57. The molecule has 1 aromatic heterocycles. The number of aromatic nitrogens is 1. The molecule has 2 aromatic carbocycles. The molecule has 206 valence electrons. The number of carbonyl (C=O) groups excluding carboxylic acids is 1. The topological polar surface area (TPSA) is 102 Å². The van der Waals surface area contributed by atoms with Crippen LogP contribution in [0.4, 0.5) is 5.13 Å². The SMILES string of the molecule is COc1cc2nc(N(CCN(C)C)C(=O)c3ccc(S(=O)(=O)N(C)C[C@@H]4CCCO4)cc3)sc2cc1OC. The van der Waals surface area contributed by atoms with Crippen LogP contribution in [-0.4, -0.2) is 96.2 Å². The van der Waals surface area contributed by atoms with Gasteiger partial charge >= 0.3 is 0 Å². The van der Waals surface area contributed by atoms with E-state index >= 15 is 0 Å². The summed E-state index contributed by atoms with van der Waals surface area (Å²) in [5, 5.41) is 0.537. The molecular weight excluding hydrogens is 528 g/mol. The molecule has 1 aliphatic rings. The normalized spacial score (nSPS) is 15.9. The first-order valence-electron chi connectivity index (χ1n) is 12.3. The van der Waals surface area contributed by atoms with Crippen molar-refractivity contribution < 1.29 is 27.4 Å². The standard InChI is InChI=1S/C26H34N4O6S2/c1-28(2)12-13-30(26-27-21-15-22(34-4)23(35-5)16-24(21)37-26)25(31)18-8-10-20(11-9-18)38(32,33)29(3)17-19-7-6-14-36-19/h8-11,15-16,19H,6-7,12-14,17H2,1-5H3/t19-/m0/s1. The highest BCUT2D eigenvalue weighted by molar-refractivity contribution is 7.89. The molecule has 1 aliphatic heterocycles. The second kappa shape index (κ2) is 12.0. The number of ether oxygens (including phenoxy) is 3. The number of hydrogen-bond acceptors (Lipinski definition) is 9.